The molecule has 0 spiro atoms. The first-order valence-corrected chi connectivity index (χ1v) is 8.71. The third kappa shape index (κ3) is 3.98. The van der Waals surface area contributed by atoms with Crippen LogP contribution in [0.15, 0.2) is 0 Å². The van der Waals surface area contributed by atoms with Gasteiger partial charge in [-0.25, -0.2) is 0 Å². The number of carbonyl (C=O) groups excluding carboxylic acids is 1. The van der Waals surface area contributed by atoms with Crippen LogP contribution in [0.5, 0.6) is 0 Å². The maximum atomic E-state index is 13.0. The number of amides is 1. The van der Waals surface area contributed by atoms with Gasteiger partial charge in [0, 0.05) is 24.5 Å². The number of aliphatic hydroxyl groups is 1. The summed E-state index contributed by atoms with van der Waals surface area (Å²) < 4.78 is 0. The number of nitrogens with zero attached hydrogens (tertiary/aromatic N) is 1. The molecule has 4 nitrogen and oxygen atoms in total. The molecular formula is C17H32N2O2. The smallest absolute Gasteiger partial charge is 0.226 e. The number of hydrogen-bond donors (Lipinski definition) is 2. The van der Waals surface area contributed by atoms with Crippen LogP contribution >= 0.6 is 0 Å². The lowest BCUT2D eigenvalue weighted by atomic mass is 9.72. The zero-order valence-electron chi connectivity index (χ0n) is 13.6. The third-order valence-electron chi connectivity index (χ3n) is 5.64. The van der Waals surface area contributed by atoms with Crippen molar-refractivity contribution >= 4 is 5.91 Å². The predicted molar refractivity (Wildman–Crippen MR) is 84.7 cm³/mol. The average molecular weight is 296 g/mol. The second kappa shape index (κ2) is 7.59. The van der Waals surface area contributed by atoms with Gasteiger partial charge < -0.3 is 15.7 Å². The fourth-order valence-corrected chi connectivity index (χ4v) is 4.21. The summed E-state index contributed by atoms with van der Waals surface area (Å²) in [6, 6.07) is 0.471. The highest BCUT2D eigenvalue weighted by Gasteiger charge is 2.38. The van der Waals surface area contributed by atoms with E-state index >= 15 is 0 Å². The van der Waals surface area contributed by atoms with Crippen molar-refractivity contribution in [2.24, 2.45) is 23.5 Å². The summed E-state index contributed by atoms with van der Waals surface area (Å²) in [7, 11) is 0. The predicted octanol–water partition coefficient (Wildman–Crippen LogP) is 2.15. The molecule has 3 N–H and O–H groups in total. The molecule has 21 heavy (non-hydrogen) atoms. The minimum absolute atomic E-state index is 0.0460. The maximum Gasteiger partial charge on any atom is 0.226 e. The Morgan fingerprint density at radius 1 is 1.14 bits per heavy atom. The first kappa shape index (κ1) is 16.8. The lowest BCUT2D eigenvalue weighted by Gasteiger charge is -2.41. The zero-order valence-corrected chi connectivity index (χ0v) is 13.6. The van der Waals surface area contributed by atoms with Crippen molar-refractivity contribution in [2.75, 3.05) is 13.2 Å². The molecule has 4 atom stereocenters. The highest BCUT2D eigenvalue weighted by atomic mass is 16.3. The Balaban J connectivity index is 2.06. The molecule has 0 aromatic heterocycles. The van der Waals surface area contributed by atoms with Crippen molar-refractivity contribution in [1.82, 2.24) is 4.90 Å². The van der Waals surface area contributed by atoms with Gasteiger partial charge in [0.1, 0.15) is 0 Å². The molecule has 2 fully saturated rings. The number of rotatable bonds is 4. The van der Waals surface area contributed by atoms with Crippen LogP contribution in [-0.2, 0) is 4.79 Å². The Bertz CT molecular complexity index is 342. The third-order valence-corrected chi connectivity index (χ3v) is 5.64. The van der Waals surface area contributed by atoms with E-state index in [-0.39, 0.29) is 24.5 Å². The highest BCUT2D eigenvalue weighted by Crippen LogP contribution is 2.35. The topological polar surface area (TPSA) is 66.6 Å². The lowest BCUT2D eigenvalue weighted by Crippen LogP contribution is -2.50. The van der Waals surface area contributed by atoms with Crippen LogP contribution in [-0.4, -0.2) is 41.1 Å². The van der Waals surface area contributed by atoms with E-state index in [2.05, 4.69) is 13.8 Å². The van der Waals surface area contributed by atoms with Crippen LogP contribution in [0.25, 0.3) is 0 Å². The lowest BCUT2D eigenvalue weighted by molar-refractivity contribution is -0.142. The van der Waals surface area contributed by atoms with Gasteiger partial charge in [-0.1, -0.05) is 33.1 Å². The molecule has 122 valence electrons. The van der Waals surface area contributed by atoms with Crippen molar-refractivity contribution in [3.63, 3.8) is 0 Å². The van der Waals surface area contributed by atoms with E-state index in [0.29, 0.717) is 24.4 Å². The summed E-state index contributed by atoms with van der Waals surface area (Å²) in [4.78, 5) is 15.0. The first-order valence-electron chi connectivity index (χ1n) is 8.71. The first-order chi connectivity index (χ1) is 10.0. The van der Waals surface area contributed by atoms with Crippen molar-refractivity contribution < 1.29 is 9.90 Å². The van der Waals surface area contributed by atoms with E-state index in [4.69, 9.17) is 5.73 Å². The molecule has 0 aromatic rings. The molecule has 0 bridgehead atoms. The number of nitrogens with two attached hydrogens (primary N) is 1. The zero-order chi connectivity index (χ0) is 15.4. The standard InChI is InChI=1S/C17H32N2O2/c1-12-10-13(2)16(18)11-15(12)17(21)19(8-9-20)14-6-4-3-5-7-14/h12-16,20H,3-11,18H2,1-2H3. The number of hydrogen-bond acceptors (Lipinski definition) is 3. The van der Waals surface area contributed by atoms with Crippen LogP contribution < -0.4 is 5.73 Å². The van der Waals surface area contributed by atoms with Gasteiger partial charge in [0.25, 0.3) is 0 Å². The van der Waals surface area contributed by atoms with E-state index in [9.17, 15) is 9.90 Å². The molecular weight excluding hydrogens is 264 g/mol. The second-order valence-electron chi connectivity index (χ2n) is 7.24. The summed E-state index contributed by atoms with van der Waals surface area (Å²) in [6.07, 6.45) is 7.71. The van der Waals surface area contributed by atoms with Gasteiger partial charge in [0.2, 0.25) is 5.91 Å². The van der Waals surface area contributed by atoms with Crippen molar-refractivity contribution in [3.05, 3.63) is 0 Å². The minimum Gasteiger partial charge on any atom is -0.395 e. The van der Waals surface area contributed by atoms with Gasteiger partial charge in [-0.05, 0) is 37.5 Å². The van der Waals surface area contributed by atoms with E-state index in [0.717, 1.165) is 25.7 Å². The van der Waals surface area contributed by atoms with Crippen LogP contribution in [0.1, 0.15) is 58.8 Å². The van der Waals surface area contributed by atoms with E-state index in [1.807, 2.05) is 4.90 Å². The van der Waals surface area contributed by atoms with Crippen molar-refractivity contribution in [2.45, 2.75) is 70.9 Å². The van der Waals surface area contributed by atoms with Crippen LogP contribution in [0.3, 0.4) is 0 Å². The number of carbonyl (C=O) groups is 1. The second-order valence-corrected chi connectivity index (χ2v) is 7.24. The van der Waals surface area contributed by atoms with Gasteiger partial charge >= 0.3 is 0 Å². The van der Waals surface area contributed by atoms with E-state index in [1.165, 1.54) is 19.3 Å². The molecule has 2 rings (SSSR count). The van der Waals surface area contributed by atoms with Gasteiger partial charge in [0.05, 0.1) is 6.61 Å². The summed E-state index contributed by atoms with van der Waals surface area (Å²) >= 11 is 0. The molecule has 0 aromatic carbocycles. The SMILES string of the molecule is CC1CC(C)C(C(=O)N(CCO)C2CCCCC2)CC1N. The molecule has 0 heterocycles. The van der Waals surface area contributed by atoms with Crippen molar-refractivity contribution in [1.29, 1.82) is 0 Å². The summed E-state index contributed by atoms with van der Waals surface area (Å²) in [5.74, 6) is 1.19. The normalized spacial score (nSPS) is 34.7. The fourth-order valence-electron chi connectivity index (χ4n) is 4.21. The largest absolute Gasteiger partial charge is 0.395 e. The van der Waals surface area contributed by atoms with Gasteiger partial charge in [-0.2, -0.15) is 0 Å². The van der Waals surface area contributed by atoms with Crippen molar-refractivity contribution in [3.8, 4) is 0 Å². The summed E-state index contributed by atoms with van der Waals surface area (Å²) in [5.41, 5.74) is 6.20. The van der Waals surface area contributed by atoms with E-state index < -0.39 is 0 Å². The number of aliphatic hydroxyl groups excluding tert-OH is 1. The average Bonchev–Trinajstić information content (AvgIpc) is 2.49. The quantitative estimate of drug-likeness (QED) is 0.835. The summed E-state index contributed by atoms with van der Waals surface area (Å²) in [5, 5.41) is 9.36. The molecule has 0 aliphatic heterocycles. The molecule has 1 amide bonds. The Morgan fingerprint density at radius 3 is 2.43 bits per heavy atom. The fraction of sp³-hybridized carbons (Fsp3) is 0.941. The van der Waals surface area contributed by atoms with Gasteiger partial charge in [0.15, 0.2) is 0 Å². The van der Waals surface area contributed by atoms with Gasteiger partial charge in [-0.15, -0.1) is 0 Å². The minimum atomic E-state index is 0.0460. The maximum absolute atomic E-state index is 13.0. The molecule has 4 unspecified atom stereocenters. The molecule has 0 radical (unpaired) electrons. The van der Waals surface area contributed by atoms with Crippen LogP contribution in [0, 0.1) is 17.8 Å². The highest BCUT2D eigenvalue weighted by molar-refractivity contribution is 5.79. The Hall–Kier alpha value is -0.610. The van der Waals surface area contributed by atoms with Gasteiger partial charge in [-0.3, -0.25) is 4.79 Å². The Morgan fingerprint density at radius 2 is 1.81 bits per heavy atom. The van der Waals surface area contributed by atoms with E-state index in [1.54, 1.807) is 0 Å². The van der Waals surface area contributed by atoms with Crippen LogP contribution in [0.4, 0.5) is 0 Å². The Kier molecular flexibility index (Phi) is 6.06. The molecule has 2 aliphatic rings. The summed E-state index contributed by atoms with van der Waals surface area (Å²) in [6.45, 7) is 4.92. The molecule has 2 aliphatic carbocycles. The monoisotopic (exact) mass is 296 g/mol. The molecule has 4 heteroatoms. The molecule has 0 saturated heterocycles. The Labute approximate surface area is 129 Å². The molecule has 2 saturated carbocycles. The van der Waals surface area contributed by atoms with Crippen LogP contribution in [0.2, 0.25) is 0 Å².